The monoisotopic (exact) mass is 226 g/mol. The topological polar surface area (TPSA) is 66.4 Å². The fourth-order valence-corrected chi connectivity index (χ4v) is 2.38. The molecule has 0 radical (unpaired) electrons. The van der Waals surface area contributed by atoms with E-state index in [9.17, 15) is 13.0 Å². The third kappa shape index (κ3) is 8.37. The van der Waals surface area contributed by atoms with E-state index < -0.39 is 17.7 Å². The van der Waals surface area contributed by atoms with Gasteiger partial charge in [0, 0.05) is 20.6 Å². The molecule has 1 heterocycles. The maximum absolute atomic E-state index is 9.22. The van der Waals surface area contributed by atoms with Crippen molar-refractivity contribution in [2.24, 2.45) is 0 Å². The number of rotatable bonds is 1. The Kier molecular flexibility index (Phi) is 5.07. The molecule has 1 aliphatic rings. The Bertz CT molecular complexity index is 258. The van der Waals surface area contributed by atoms with E-state index in [1.54, 1.807) is 0 Å². The molecular weight excluding hydrogens is 211 g/mol. The normalized spacial score (nSPS) is 19.4. The molecule has 0 aromatic carbocycles. The van der Waals surface area contributed by atoms with Crippen molar-refractivity contribution in [3.63, 3.8) is 0 Å². The second-order valence-electron chi connectivity index (χ2n) is 3.35. The molecule has 0 bridgehead atoms. The Balaban J connectivity index is 0.000000226. The van der Waals surface area contributed by atoms with Gasteiger partial charge in [0.1, 0.15) is 0 Å². The SMILES string of the molecule is COS(=O)(=O)[O-].C[P+]1(C)CC=CC1. The quantitative estimate of drug-likeness (QED) is 0.289. The van der Waals surface area contributed by atoms with Gasteiger partial charge >= 0.3 is 0 Å². The minimum absolute atomic E-state index is 0.404. The lowest BCUT2D eigenvalue weighted by molar-refractivity contribution is 0.314. The van der Waals surface area contributed by atoms with Crippen molar-refractivity contribution in [1.82, 2.24) is 0 Å². The Morgan fingerprint density at radius 2 is 1.62 bits per heavy atom. The molecule has 0 atom stereocenters. The molecule has 1 aliphatic heterocycles. The van der Waals surface area contributed by atoms with E-state index in [0.717, 1.165) is 7.11 Å². The summed E-state index contributed by atoms with van der Waals surface area (Å²) in [7, 11) is -4.01. The van der Waals surface area contributed by atoms with Gasteiger partial charge in [0.2, 0.25) is 10.4 Å². The van der Waals surface area contributed by atoms with Gasteiger partial charge in [-0.3, -0.25) is 4.18 Å². The van der Waals surface area contributed by atoms with Crippen LogP contribution >= 0.6 is 7.26 Å². The zero-order chi connectivity index (χ0) is 10.5. The van der Waals surface area contributed by atoms with Crippen molar-refractivity contribution in [2.45, 2.75) is 0 Å². The van der Waals surface area contributed by atoms with Crippen LogP contribution in [-0.4, -0.2) is 45.7 Å². The summed E-state index contributed by atoms with van der Waals surface area (Å²) in [6.07, 6.45) is 7.39. The van der Waals surface area contributed by atoms with Crippen molar-refractivity contribution >= 4 is 17.7 Å². The van der Waals surface area contributed by atoms with Crippen molar-refractivity contribution < 1.29 is 17.2 Å². The molecule has 0 N–H and O–H groups in total. The van der Waals surface area contributed by atoms with E-state index in [0.29, 0.717) is 0 Å². The molecule has 1 rings (SSSR count). The smallest absolute Gasteiger partial charge is 0.217 e. The molecule has 6 heteroatoms. The summed E-state index contributed by atoms with van der Waals surface area (Å²) in [4.78, 5) is 0. The minimum Gasteiger partial charge on any atom is -0.726 e. The first-order valence-electron chi connectivity index (χ1n) is 3.75. The second-order valence-corrected chi connectivity index (χ2v) is 9.10. The number of hydrogen-bond donors (Lipinski definition) is 0. The zero-order valence-electron chi connectivity index (χ0n) is 8.06. The van der Waals surface area contributed by atoms with Crippen LogP contribution in [0.3, 0.4) is 0 Å². The molecule has 78 valence electrons. The van der Waals surface area contributed by atoms with Gasteiger partial charge in [0.05, 0.1) is 19.4 Å². The zero-order valence-corrected chi connectivity index (χ0v) is 9.77. The molecule has 0 fully saturated rings. The molecular formula is C7H15O4PS. The Morgan fingerprint density at radius 1 is 1.31 bits per heavy atom. The predicted molar refractivity (Wildman–Crippen MR) is 54.3 cm³/mol. The summed E-state index contributed by atoms with van der Waals surface area (Å²) < 4.78 is 31.0. The summed E-state index contributed by atoms with van der Waals surface area (Å²) in [5, 5.41) is 0. The summed E-state index contributed by atoms with van der Waals surface area (Å²) in [6.45, 7) is 4.82. The first-order valence-corrected chi connectivity index (χ1v) is 8.14. The van der Waals surface area contributed by atoms with Gasteiger partial charge < -0.3 is 4.55 Å². The Labute approximate surface area is 80.3 Å². The van der Waals surface area contributed by atoms with Crippen LogP contribution in [0.25, 0.3) is 0 Å². The van der Waals surface area contributed by atoms with Crippen molar-refractivity contribution in [3.05, 3.63) is 12.2 Å². The van der Waals surface area contributed by atoms with E-state index in [1.807, 2.05) is 0 Å². The van der Waals surface area contributed by atoms with Gasteiger partial charge in [-0.1, -0.05) is 0 Å². The lowest BCUT2D eigenvalue weighted by Gasteiger charge is -2.06. The fraction of sp³-hybridized carbons (Fsp3) is 0.714. The average molecular weight is 226 g/mol. The second kappa shape index (κ2) is 5.05. The Hall–Kier alpha value is 0.0400. The lowest BCUT2D eigenvalue weighted by atomic mass is 10.6. The molecule has 0 saturated carbocycles. The van der Waals surface area contributed by atoms with Gasteiger partial charge in [-0.25, -0.2) is 8.42 Å². The minimum atomic E-state index is -4.41. The largest absolute Gasteiger partial charge is 0.726 e. The van der Waals surface area contributed by atoms with E-state index in [1.165, 1.54) is 12.3 Å². The summed E-state index contributed by atoms with van der Waals surface area (Å²) >= 11 is 0. The Morgan fingerprint density at radius 3 is 1.69 bits per heavy atom. The van der Waals surface area contributed by atoms with Crippen molar-refractivity contribution in [1.29, 1.82) is 0 Å². The van der Waals surface area contributed by atoms with E-state index >= 15 is 0 Å². The third-order valence-corrected chi connectivity index (χ3v) is 4.38. The van der Waals surface area contributed by atoms with Crippen LogP contribution in [0.5, 0.6) is 0 Å². The summed E-state index contributed by atoms with van der Waals surface area (Å²) in [5.41, 5.74) is 0. The van der Waals surface area contributed by atoms with E-state index in [-0.39, 0.29) is 0 Å². The van der Waals surface area contributed by atoms with E-state index in [4.69, 9.17) is 0 Å². The standard InChI is InChI=1S/C6H12P.CH4O4S/c1-7(2)5-3-4-6-7;1-5-6(2,3)4/h3-4H,5-6H2,1-2H3;1H3,(H,2,3,4)/q+1;/p-1. The van der Waals surface area contributed by atoms with Crippen LogP contribution in [0.2, 0.25) is 0 Å². The number of allylic oxidation sites excluding steroid dienone is 2. The highest BCUT2D eigenvalue weighted by molar-refractivity contribution is 7.80. The average Bonchev–Trinajstić information content (AvgIpc) is 2.34. The van der Waals surface area contributed by atoms with Crippen LogP contribution in [-0.2, 0) is 14.6 Å². The lowest BCUT2D eigenvalue weighted by Crippen LogP contribution is -1.97. The maximum Gasteiger partial charge on any atom is 0.217 e. The highest BCUT2D eigenvalue weighted by atomic mass is 32.3. The van der Waals surface area contributed by atoms with Gasteiger partial charge in [-0.15, -0.1) is 0 Å². The molecule has 0 aliphatic carbocycles. The predicted octanol–water partition coefficient (Wildman–Crippen LogP) is 0.926. The molecule has 0 amide bonds. The summed E-state index contributed by atoms with van der Waals surface area (Å²) in [6, 6.07) is 0. The molecule has 0 aromatic heterocycles. The van der Waals surface area contributed by atoms with Gasteiger partial charge in [-0.2, -0.15) is 0 Å². The van der Waals surface area contributed by atoms with Crippen LogP contribution in [0.15, 0.2) is 12.2 Å². The summed E-state index contributed by atoms with van der Waals surface area (Å²) in [5.74, 6) is 0. The molecule has 4 nitrogen and oxygen atoms in total. The van der Waals surface area contributed by atoms with Gasteiger partial charge in [0.25, 0.3) is 0 Å². The number of hydrogen-bond acceptors (Lipinski definition) is 4. The van der Waals surface area contributed by atoms with Crippen LogP contribution < -0.4 is 0 Å². The maximum atomic E-state index is 9.22. The molecule has 13 heavy (non-hydrogen) atoms. The molecule has 0 unspecified atom stereocenters. The van der Waals surface area contributed by atoms with Crippen molar-refractivity contribution in [2.75, 3.05) is 32.8 Å². The highest BCUT2D eigenvalue weighted by Gasteiger charge is 2.24. The first kappa shape index (κ1) is 13.0. The van der Waals surface area contributed by atoms with Gasteiger partial charge in [-0.05, 0) is 12.2 Å². The molecule has 0 saturated heterocycles. The van der Waals surface area contributed by atoms with Crippen LogP contribution in [0, 0.1) is 0 Å². The fourth-order valence-electron chi connectivity index (χ4n) is 0.794. The third-order valence-electron chi connectivity index (χ3n) is 1.57. The van der Waals surface area contributed by atoms with Crippen molar-refractivity contribution in [3.8, 4) is 0 Å². The van der Waals surface area contributed by atoms with Crippen LogP contribution in [0.1, 0.15) is 0 Å². The van der Waals surface area contributed by atoms with Gasteiger partial charge in [0.15, 0.2) is 0 Å². The molecule has 0 aromatic rings. The van der Waals surface area contributed by atoms with Crippen LogP contribution in [0.4, 0.5) is 0 Å². The highest BCUT2D eigenvalue weighted by Crippen LogP contribution is 2.53. The van der Waals surface area contributed by atoms with E-state index in [2.05, 4.69) is 29.7 Å². The first-order chi connectivity index (χ1) is 5.77. The molecule has 0 spiro atoms.